The summed E-state index contributed by atoms with van der Waals surface area (Å²) in [5, 5.41) is 20.0. The maximum absolute atomic E-state index is 10.5. The molecule has 3 N–H and O–H groups in total. The maximum Gasteiger partial charge on any atom is 0.273 e. The van der Waals surface area contributed by atoms with E-state index in [-0.39, 0.29) is 18.0 Å². The van der Waals surface area contributed by atoms with Crippen molar-refractivity contribution in [3.63, 3.8) is 0 Å². The molecular formula is C9H12N2O4. The van der Waals surface area contributed by atoms with Crippen LogP contribution < -0.4 is 10.5 Å². The lowest BCUT2D eigenvalue weighted by atomic mass is 10.1. The summed E-state index contributed by atoms with van der Waals surface area (Å²) >= 11 is 0. The molecule has 0 unspecified atom stereocenters. The minimum absolute atomic E-state index is 0.0359. The molecule has 0 fully saturated rings. The fourth-order valence-electron chi connectivity index (χ4n) is 1.22. The highest BCUT2D eigenvalue weighted by atomic mass is 16.6. The average Bonchev–Trinajstić information content (AvgIpc) is 2.27. The van der Waals surface area contributed by atoms with Crippen LogP contribution in [0.4, 0.5) is 5.69 Å². The Bertz CT molecular complexity index is 367. The Kier molecular flexibility index (Phi) is 3.59. The highest BCUT2D eigenvalue weighted by Gasteiger charge is 2.15. The molecule has 0 radical (unpaired) electrons. The molecule has 6 heteroatoms. The van der Waals surface area contributed by atoms with Crippen LogP contribution in [-0.4, -0.2) is 23.7 Å². The average molecular weight is 212 g/mol. The van der Waals surface area contributed by atoms with Gasteiger partial charge in [0.25, 0.3) is 5.69 Å². The molecule has 1 aromatic rings. The maximum atomic E-state index is 10.5. The van der Waals surface area contributed by atoms with Crippen LogP contribution in [0.15, 0.2) is 18.2 Å². The van der Waals surface area contributed by atoms with E-state index in [2.05, 4.69) is 0 Å². The number of ether oxygens (including phenoxy) is 1. The van der Waals surface area contributed by atoms with E-state index in [1.165, 1.54) is 25.3 Å². The van der Waals surface area contributed by atoms with Crippen LogP contribution in [0.25, 0.3) is 0 Å². The van der Waals surface area contributed by atoms with Gasteiger partial charge in [-0.15, -0.1) is 0 Å². The molecule has 1 rings (SSSR count). The van der Waals surface area contributed by atoms with E-state index in [4.69, 9.17) is 10.5 Å². The molecule has 1 atom stereocenters. The first-order valence-corrected chi connectivity index (χ1v) is 4.30. The van der Waals surface area contributed by atoms with E-state index in [9.17, 15) is 15.2 Å². The number of nitrogens with two attached hydrogens (primary N) is 1. The molecule has 0 aromatic heterocycles. The second-order valence-corrected chi connectivity index (χ2v) is 2.93. The van der Waals surface area contributed by atoms with Crippen molar-refractivity contribution >= 4 is 5.69 Å². The standard InChI is InChI=1S/C9H12N2O4/c1-15-9-4-6(11(13)14)2-3-7(9)8(12)5-10/h2-4,8,12H,5,10H2,1H3/t8-/m0/s1. The second kappa shape index (κ2) is 4.72. The van der Waals surface area contributed by atoms with Crippen molar-refractivity contribution in [2.45, 2.75) is 6.10 Å². The number of nitro benzene ring substituents is 1. The third kappa shape index (κ3) is 2.42. The molecule has 15 heavy (non-hydrogen) atoms. The van der Waals surface area contributed by atoms with Crippen LogP contribution in [0.2, 0.25) is 0 Å². The van der Waals surface area contributed by atoms with Gasteiger partial charge in [0.15, 0.2) is 0 Å². The number of non-ortho nitro benzene ring substituents is 1. The number of hydrogen-bond acceptors (Lipinski definition) is 5. The van der Waals surface area contributed by atoms with Crippen molar-refractivity contribution in [3.05, 3.63) is 33.9 Å². The lowest BCUT2D eigenvalue weighted by Crippen LogP contribution is -2.12. The monoisotopic (exact) mass is 212 g/mol. The number of benzene rings is 1. The van der Waals surface area contributed by atoms with Gasteiger partial charge in [-0.3, -0.25) is 10.1 Å². The van der Waals surface area contributed by atoms with E-state index in [1.54, 1.807) is 0 Å². The number of nitro groups is 1. The quantitative estimate of drug-likeness (QED) is 0.562. The van der Waals surface area contributed by atoms with Crippen LogP contribution in [0, 0.1) is 10.1 Å². The Labute approximate surface area is 86.4 Å². The summed E-state index contributed by atoms with van der Waals surface area (Å²) in [6, 6.07) is 4.00. The van der Waals surface area contributed by atoms with E-state index >= 15 is 0 Å². The van der Waals surface area contributed by atoms with E-state index in [1.807, 2.05) is 0 Å². The molecule has 0 aliphatic rings. The van der Waals surface area contributed by atoms with Gasteiger partial charge < -0.3 is 15.6 Å². The summed E-state index contributed by atoms with van der Waals surface area (Å²) in [5.41, 5.74) is 5.65. The predicted molar refractivity (Wildman–Crippen MR) is 53.7 cm³/mol. The first kappa shape index (κ1) is 11.4. The van der Waals surface area contributed by atoms with Crippen LogP contribution >= 0.6 is 0 Å². The summed E-state index contributed by atoms with van der Waals surface area (Å²) in [5.74, 6) is 0.266. The molecule has 0 aliphatic heterocycles. The fourth-order valence-corrected chi connectivity index (χ4v) is 1.22. The largest absolute Gasteiger partial charge is 0.496 e. The second-order valence-electron chi connectivity index (χ2n) is 2.93. The van der Waals surface area contributed by atoms with Gasteiger partial charge in [-0.25, -0.2) is 0 Å². The number of aliphatic hydroxyl groups is 1. The van der Waals surface area contributed by atoms with Gasteiger partial charge in [-0.2, -0.15) is 0 Å². The van der Waals surface area contributed by atoms with Crippen LogP contribution in [0.1, 0.15) is 11.7 Å². The smallest absolute Gasteiger partial charge is 0.273 e. The van der Waals surface area contributed by atoms with Gasteiger partial charge in [0.05, 0.1) is 24.2 Å². The Morgan fingerprint density at radius 2 is 2.33 bits per heavy atom. The minimum atomic E-state index is -0.874. The normalized spacial score (nSPS) is 12.2. The van der Waals surface area contributed by atoms with Gasteiger partial charge in [0.1, 0.15) is 5.75 Å². The highest BCUT2D eigenvalue weighted by Crippen LogP contribution is 2.28. The summed E-state index contributed by atoms with van der Waals surface area (Å²) in [7, 11) is 1.38. The zero-order chi connectivity index (χ0) is 11.4. The zero-order valence-corrected chi connectivity index (χ0v) is 8.21. The van der Waals surface area contributed by atoms with E-state index in [0.717, 1.165) is 0 Å². The number of rotatable bonds is 4. The van der Waals surface area contributed by atoms with Crippen molar-refractivity contribution in [2.24, 2.45) is 5.73 Å². The molecule has 6 nitrogen and oxygen atoms in total. The summed E-state index contributed by atoms with van der Waals surface area (Å²) in [6.45, 7) is 0.0359. The van der Waals surface area contributed by atoms with Crippen LogP contribution in [0.3, 0.4) is 0 Å². The van der Waals surface area contributed by atoms with Crippen molar-refractivity contribution in [1.29, 1.82) is 0 Å². The van der Waals surface area contributed by atoms with Gasteiger partial charge in [0, 0.05) is 18.2 Å². The third-order valence-electron chi connectivity index (χ3n) is 2.01. The SMILES string of the molecule is COc1cc([N+](=O)[O-])ccc1[C@@H](O)CN. The Balaban J connectivity index is 3.14. The fraction of sp³-hybridized carbons (Fsp3) is 0.333. The summed E-state index contributed by atoms with van der Waals surface area (Å²) in [6.07, 6.45) is -0.874. The Hall–Kier alpha value is -1.66. The van der Waals surface area contributed by atoms with Gasteiger partial charge >= 0.3 is 0 Å². The molecule has 0 saturated carbocycles. The molecule has 0 bridgehead atoms. The lowest BCUT2D eigenvalue weighted by molar-refractivity contribution is -0.384. The first-order chi connectivity index (χ1) is 7.10. The zero-order valence-electron chi connectivity index (χ0n) is 8.21. The highest BCUT2D eigenvalue weighted by molar-refractivity contribution is 5.45. The topological polar surface area (TPSA) is 98.6 Å². The molecular weight excluding hydrogens is 200 g/mol. The molecule has 0 amide bonds. The van der Waals surface area contributed by atoms with E-state index in [0.29, 0.717) is 5.56 Å². The van der Waals surface area contributed by atoms with Crippen LogP contribution in [0.5, 0.6) is 5.75 Å². The van der Waals surface area contributed by atoms with Crippen molar-refractivity contribution < 1.29 is 14.8 Å². The molecule has 0 aliphatic carbocycles. The molecule has 0 saturated heterocycles. The van der Waals surface area contributed by atoms with E-state index < -0.39 is 11.0 Å². The Morgan fingerprint density at radius 3 is 2.80 bits per heavy atom. The number of methoxy groups -OCH3 is 1. The molecule has 82 valence electrons. The van der Waals surface area contributed by atoms with Crippen LogP contribution in [-0.2, 0) is 0 Å². The minimum Gasteiger partial charge on any atom is -0.496 e. The van der Waals surface area contributed by atoms with Crippen molar-refractivity contribution in [1.82, 2.24) is 0 Å². The van der Waals surface area contributed by atoms with Gasteiger partial charge in [-0.1, -0.05) is 0 Å². The number of hydrogen-bond donors (Lipinski definition) is 2. The number of aliphatic hydroxyl groups excluding tert-OH is 1. The first-order valence-electron chi connectivity index (χ1n) is 4.30. The van der Waals surface area contributed by atoms with Gasteiger partial charge in [-0.05, 0) is 6.07 Å². The molecule has 0 heterocycles. The molecule has 0 spiro atoms. The summed E-state index contributed by atoms with van der Waals surface area (Å²) in [4.78, 5) is 9.96. The summed E-state index contributed by atoms with van der Waals surface area (Å²) < 4.78 is 4.94. The van der Waals surface area contributed by atoms with Gasteiger partial charge in [0.2, 0.25) is 0 Å². The number of nitrogens with zero attached hydrogens (tertiary/aromatic N) is 1. The van der Waals surface area contributed by atoms with Crippen molar-refractivity contribution in [3.8, 4) is 5.75 Å². The van der Waals surface area contributed by atoms with Crippen molar-refractivity contribution in [2.75, 3.05) is 13.7 Å². The lowest BCUT2D eigenvalue weighted by Gasteiger charge is -2.12. The third-order valence-corrected chi connectivity index (χ3v) is 2.01. The predicted octanol–water partition coefficient (Wildman–Crippen LogP) is 0.595. The molecule has 1 aromatic carbocycles. The Morgan fingerprint density at radius 1 is 1.67 bits per heavy atom.